The number of pyridine rings is 1. The van der Waals surface area contributed by atoms with Gasteiger partial charge in [0.1, 0.15) is 12.4 Å². The first kappa shape index (κ1) is 19.3. The number of amides is 1. The van der Waals surface area contributed by atoms with Crippen LogP contribution in [0.2, 0.25) is 0 Å². The summed E-state index contributed by atoms with van der Waals surface area (Å²) < 4.78 is 5.90. The molecule has 4 rings (SSSR count). The zero-order valence-corrected chi connectivity index (χ0v) is 16.6. The number of hydrazone groups is 1. The first-order valence-corrected chi connectivity index (χ1v) is 9.64. The van der Waals surface area contributed by atoms with Gasteiger partial charge in [-0.25, -0.2) is 5.43 Å². The van der Waals surface area contributed by atoms with E-state index >= 15 is 0 Å². The maximum atomic E-state index is 12.3. The predicted octanol–water partition coefficient (Wildman–Crippen LogP) is 4.97. The van der Waals surface area contributed by atoms with Crippen molar-refractivity contribution in [2.24, 2.45) is 5.10 Å². The molecule has 0 fully saturated rings. The van der Waals surface area contributed by atoms with Crippen LogP contribution in [0, 0.1) is 0 Å². The molecule has 0 aliphatic heterocycles. The Morgan fingerprint density at radius 3 is 2.40 bits per heavy atom. The number of carbonyl (C=O) groups excluding carboxylic acids is 1. The second kappa shape index (κ2) is 9.01. The molecule has 30 heavy (non-hydrogen) atoms. The normalized spacial score (nSPS) is 11.3. The summed E-state index contributed by atoms with van der Waals surface area (Å²) in [6.45, 7) is 2.27. The second-order valence-electron chi connectivity index (χ2n) is 6.87. The van der Waals surface area contributed by atoms with Crippen LogP contribution >= 0.6 is 0 Å². The van der Waals surface area contributed by atoms with Crippen molar-refractivity contribution >= 4 is 22.4 Å². The Morgan fingerprint density at radius 1 is 0.900 bits per heavy atom. The van der Waals surface area contributed by atoms with Crippen molar-refractivity contribution in [3.63, 3.8) is 0 Å². The van der Waals surface area contributed by atoms with Crippen molar-refractivity contribution in [1.82, 2.24) is 10.4 Å². The van der Waals surface area contributed by atoms with E-state index in [2.05, 4.69) is 27.6 Å². The van der Waals surface area contributed by atoms with Crippen molar-refractivity contribution in [3.8, 4) is 5.75 Å². The van der Waals surface area contributed by atoms with Crippen molar-refractivity contribution in [2.45, 2.75) is 13.5 Å². The lowest BCUT2D eigenvalue weighted by Crippen LogP contribution is -2.19. The van der Waals surface area contributed by atoms with E-state index in [9.17, 15) is 4.79 Å². The van der Waals surface area contributed by atoms with E-state index in [0.717, 1.165) is 22.3 Å². The van der Waals surface area contributed by atoms with Crippen LogP contribution in [0.1, 0.15) is 28.4 Å². The van der Waals surface area contributed by atoms with Crippen molar-refractivity contribution in [2.75, 3.05) is 0 Å². The third-order valence-electron chi connectivity index (χ3n) is 4.77. The third-order valence-corrected chi connectivity index (χ3v) is 4.77. The lowest BCUT2D eigenvalue weighted by molar-refractivity contribution is 0.0955. The molecule has 0 spiro atoms. The van der Waals surface area contributed by atoms with Gasteiger partial charge in [0.15, 0.2) is 0 Å². The highest BCUT2D eigenvalue weighted by molar-refractivity contribution is 6.00. The molecule has 5 heteroatoms. The number of rotatable bonds is 6. The molecule has 0 unspecified atom stereocenters. The number of benzene rings is 3. The number of carbonyl (C=O) groups is 1. The largest absolute Gasteiger partial charge is 0.489 e. The molecule has 1 heterocycles. The van der Waals surface area contributed by atoms with Gasteiger partial charge < -0.3 is 4.74 Å². The summed E-state index contributed by atoms with van der Waals surface area (Å²) in [4.78, 5) is 16.3. The average molecular weight is 395 g/mol. The van der Waals surface area contributed by atoms with Gasteiger partial charge in [-0.15, -0.1) is 0 Å². The third kappa shape index (κ3) is 4.70. The first-order chi connectivity index (χ1) is 14.7. The van der Waals surface area contributed by atoms with E-state index in [0.29, 0.717) is 17.9 Å². The van der Waals surface area contributed by atoms with Gasteiger partial charge in [0.05, 0.1) is 5.71 Å². The molecule has 0 bridgehead atoms. The lowest BCUT2D eigenvalue weighted by atomic mass is 10.1. The number of ether oxygens (including phenoxy) is 1. The van der Waals surface area contributed by atoms with Gasteiger partial charge in [0.2, 0.25) is 0 Å². The van der Waals surface area contributed by atoms with Crippen molar-refractivity contribution in [1.29, 1.82) is 0 Å². The number of aromatic nitrogens is 1. The molecule has 5 nitrogen and oxygen atoms in total. The number of hydrogen-bond acceptors (Lipinski definition) is 4. The fourth-order valence-corrected chi connectivity index (χ4v) is 3.03. The standard InChI is InChI=1S/C25H21N3O2/c1-18(20-12-14-26-15-13-20)27-28-25(29)22-8-6-19(7-9-22)17-30-24-11-10-21-4-2-3-5-23(21)16-24/h2-16H,17H2,1H3,(H,28,29)/b27-18+. The van der Waals surface area contributed by atoms with Crippen LogP contribution in [0.5, 0.6) is 5.75 Å². The zero-order chi connectivity index (χ0) is 20.8. The molecule has 3 aromatic carbocycles. The summed E-state index contributed by atoms with van der Waals surface area (Å²) in [5, 5.41) is 6.48. The molecule has 4 aromatic rings. The Labute approximate surface area is 175 Å². The summed E-state index contributed by atoms with van der Waals surface area (Å²) in [6.07, 6.45) is 3.38. The van der Waals surface area contributed by atoms with Gasteiger partial charge in [0.25, 0.3) is 5.91 Å². The van der Waals surface area contributed by atoms with Crippen LogP contribution in [0.4, 0.5) is 0 Å². The molecule has 0 saturated heterocycles. The number of nitrogens with zero attached hydrogens (tertiary/aromatic N) is 2. The Kier molecular flexibility index (Phi) is 5.80. The molecule has 1 aromatic heterocycles. The second-order valence-corrected chi connectivity index (χ2v) is 6.87. The molecular formula is C25H21N3O2. The molecule has 0 saturated carbocycles. The highest BCUT2D eigenvalue weighted by atomic mass is 16.5. The van der Waals surface area contributed by atoms with E-state index in [-0.39, 0.29) is 5.91 Å². The predicted molar refractivity (Wildman–Crippen MR) is 119 cm³/mol. The molecule has 0 atom stereocenters. The zero-order valence-electron chi connectivity index (χ0n) is 16.6. The Balaban J connectivity index is 1.35. The summed E-state index contributed by atoms with van der Waals surface area (Å²) in [5.74, 6) is 0.557. The fraction of sp³-hybridized carbons (Fsp3) is 0.0800. The minimum atomic E-state index is -0.259. The number of hydrogen-bond donors (Lipinski definition) is 1. The molecule has 148 valence electrons. The Bertz CT molecular complexity index is 1190. The highest BCUT2D eigenvalue weighted by Gasteiger charge is 2.06. The minimum Gasteiger partial charge on any atom is -0.489 e. The van der Waals surface area contributed by atoms with Gasteiger partial charge in [0, 0.05) is 23.5 Å². The smallest absolute Gasteiger partial charge is 0.271 e. The molecule has 1 N–H and O–H groups in total. The first-order valence-electron chi connectivity index (χ1n) is 9.64. The number of nitrogens with one attached hydrogen (secondary N) is 1. The summed E-state index contributed by atoms with van der Waals surface area (Å²) >= 11 is 0. The molecule has 0 aliphatic carbocycles. The van der Waals surface area contributed by atoms with Crippen LogP contribution in [0.3, 0.4) is 0 Å². The summed E-state index contributed by atoms with van der Waals surface area (Å²) in [6, 6.07) is 25.2. The van der Waals surface area contributed by atoms with E-state index in [1.807, 2.05) is 61.5 Å². The lowest BCUT2D eigenvalue weighted by Gasteiger charge is -2.08. The van der Waals surface area contributed by atoms with Gasteiger partial charge in [-0.3, -0.25) is 9.78 Å². The molecular weight excluding hydrogens is 374 g/mol. The Morgan fingerprint density at radius 2 is 1.63 bits per heavy atom. The van der Waals surface area contributed by atoms with E-state index < -0.39 is 0 Å². The van der Waals surface area contributed by atoms with Crippen molar-refractivity contribution in [3.05, 3.63) is 108 Å². The molecule has 0 aliphatic rings. The SMILES string of the molecule is C/C(=N\NC(=O)c1ccc(COc2ccc3ccccc3c2)cc1)c1ccncc1. The van der Waals surface area contributed by atoms with Gasteiger partial charge in [-0.05, 0) is 59.7 Å². The fourth-order valence-electron chi connectivity index (χ4n) is 3.03. The Hall–Kier alpha value is -3.99. The van der Waals surface area contributed by atoms with E-state index in [1.54, 1.807) is 24.5 Å². The maximum Gasteiger partial charge on any atom is 0.271 e. The van der Waals surface area contributed by atoms with E-state index in [1.165, 1.54) is 5.39 Å². The van der Waals surface area contributed by atoms with Gasteiger partial charge >= 0.3 is 0 Å². The maximum absolute atomic E-state index is 12.3. The number of fused-ring (bicyclic) bond motifs is 1. The highest BCUT2D eigenvalue weighted by Crippen LogP contribution is 2.21. The van der Waals surface area contributed by atoms with Crippen LogP contribution in [0.25, 0.3) is 10.8 Å². The summed E-state index contributed by atoms with van der Waals surface area (Å²) in [5.41, 5.74) is 5.73. The van der Waals surface area contributed by atoms with Crippen LogP contribution in [-0.4, -0.2) is 16.6 Å². The van der Waals surface area contributed by atoms with Crippen LogP contribution in [-0.2, 0) is 6.61 Å². The summed E-state index contributed by atoms with van der Waals surface area (Å²) in [7, 11) is 0. The monoisotopic (exact) mass is 395 g/mol. The average Bonchev–Trinajstić information content (AvgIpc) is 2.81. The van der Waals surface area contributed by atoms with Crippen molar-refractivity contribution < 1.29 is 9.53 Å². The molecule has 1 amide bonds. The van der Waals surface area contributed by atoms with E-state index in [4.69, 9.17) is 4.74 Å². The van der Waals surface area contributed by atoms with Crippen LogP contribution < -0.4 is 10.2 Å². The van der Waals surface area contributed by atoms with Gasteiger partial charge in [-0.2, -0.15) is 5.10 Å². The molecule has 0 radical (unpaired) electrons. The minimum absolute atomic E-state index is 0.259. The quantitative estimate of drug-likeness (QED) is 0.370. The van der Waals surface area contributed by atoms with Gasteiger partial charge in [-0.1, -0.05) is 42.5 Å². The topological polar surface area (TPSA) is 63.6 Å². The van der Waals surface area contributed by atoms with Crippen LogP contribution in [0.15, 0.2) is 96.4 Å².